The van der Waals surface area contributed by atoms with Crippen LogP contribution in [0.15, 0.2) is 48.5 Å². The van der Waals surface area contributed by atoms with Crippen molar-refractivity contribution < 1.29 is 19.0 Å². The van der Waals surface area contributed by atoms with Crippen LogP contribution >= 0.6 is 11.8 Å². The minimum absolute atomic E-state index is 0.0333. The third-order valence-corrected chi connectivity index (χ3v) is 4.71. The Morgan fingerprint density at radius 2 is 1.30 bits per heavy atom. The van der Waals surface area contributed by atoms with Crippen molar-refractivity contribution in [2.75, 3.05) is 27.1 Å². The number of benzene rings is 2. The average molecular weight is 332 g/mol. The molecule has 23 heavy (non-hydrogen) atoms. The van der Waals surface area contributed by atoms with E-state index in [1.165, 1.54) is 18.9 Å². The van der Waals surface area contributed by atoms with Crippen molar-refractivity contribution in [3.05, 3.63) is 59.7 Å². The van der Waals surface area contributed by atoms with Crippen molar-refractivity contribution in [3.8, 4) is 11.5 Å². The topological polar surface area (TPSA) is 44.8 Å². The summed E-state index contributed by atoms with van der Waals surface area (Å²) in [6.07, 6.45) is 0. The minimum atomic E-state index is -0.234. The van der Waals surface area contributed by atoms with Crippen LogP contribution in [0.1, 0.15) is 16.4 Å². The zero-order valence-corrected chi connectivity index (χ0v) is 14.3. The SMILES string of the molecule is COC(=O)CSC(c1ccc(OC)cc1)c1ccc(OC)cc1. The van der Waals surface area contributed by atoms with Gasteiger partial charge in [0.25, 0.3) is 0 Å². The van der Waals surface area contributed by atoms with Crippen LogP contribution in [0.3, 0.4) is 0 Å². The van der Waals surface area contributed by atoms with Gasteiger partial charge in [0.15, 0.2) is 0 Å². The van der Waals surface area contributed by atoms with Crippen molar-refractivity contribution in [1.82, 2.24) is 0 Å². The van der Waals surface area contributed by atoms with Gasteiger partial charge in [0.2, 0.25) is 0 Å². The lowest BCUT2D eigenvalue weighted by atomic mass is 10.0. The first kappa shape index (κ1) is 17.2. The fraction of sp³-hybridized carbons (Fsp3) is 0.278. The number of esters is 1. The molecule has 0 bridgehead atoms. The molecule has 0 N–H and O–H groups in total. The molecule has 0 radical (unpaired) electrons. The van der Waals surface area contributed by atoms with Crippen LogP contribution in [-0.4, -0.2) is 33.1 Å². The Morgan fingerprint density at radius 1 is 0.870 bits per heavy atom. The summed E-state index contributed by atoms with van der Waals surface area (Å²) in [6.45, 7) is 0. The quantitative estimate of drug-likeness (QED) is 0.724. The van der Waals surface area contributed by atoms with Crippen molar-refractivity contribution in [3.63, 3.8) is 0 Å². The predicted molar refractivity (Wildman–Crippen MR) is 92.3 cm³/mol. The lowest BCUT2D eigenvalue weighted by Crippen LogP contribution is -2.07. The van der Waals surface area contributed by atoms with Gasteiger partial charge >= 0.3 is 5.97 Å². The number of ether oxygens (including phenoxy) is 3. The number of carbonyl (C=O) groups excluding carboxylic acids is 1. The van der Waals surface area contributed by atoms with Gasteiger partial charge < -0.3 is 14.2 Å². The molecule has 0 aliphatic heterocycles. The number of rotatable bonds is 7. The first-order valence-electron chi connectivity index (χ1n) is 7.14. The van der Waals surface area contributed by atoms with E-state index in [1.807, 2.05) is 48.5 Å². The lowest BCUT2D eigenvalue weighted by molar-refractivity contribution is -0.137. The molecule has 0 aliphatic rings. The van der Waals surface area contributed by atoms with Gasteiger partial charge in [-0.15, -0.1) is 11.8 Å². The molecule has 0 fully saturated rings. The molecule has 0 unspecified atom stereocenters. The molecule has 0 aliphatic carbocycles. The first-order chi connectivity index (χ1) is 11.2. The fourth-order valence-corrected chi connectivity index (χ4v) is 3.27. The summed E-state index contributed by atoms with van der Waals surface area (Å²) in [5.74, 6) is 1.67. The zero-order chi connectivity index (χ0) is 16.7. The van der Waals surface area contributed by atoms with Gasteiger partial charge in [0.05, 0.1) is 32.3 Å². The van der Waals surface area contributed by atoms with Gasteiger partial charge in [-0.3, -0.25) is 4.79 Å². The van der Waals surface area contributed by atoms with E-state index < -0.39 is 0 Å². The Labute approximate surface area is 140 Å². The summed E-state index contributed by atoms with van der Waals surface area (Å²) in [6, 6.07) is 15.7. The lowest BCUT2D eigenvalue weighted by Gasteiger charge is -2.18. The molecule has 0 spiro atoms. The molecule has 0 amide bonds. The van der Waals surface area contributed by atoms with Gasteiger partial charge in [0.1, 0.15) is 11.5 Å². The molecule has 2 aromatic rings. The summed E-state index contributed by atoms with van der Waals surface area (Å²) < 4.78 is 15.2. The number of carbonyl (C=O) groups is 1. The van der Waals surface area contributed by atoms with E-state index >= 15 is 0 Å². The van der Waals surface area contributed by atoms with Crippen molar-refractivity contribution in [2.45, 2.75) is 5.25 Å². The smallest absolute Gasteiger partial charge is 0.315 e. The summed E-state index contributed by atoms with van der Waals surface area (Å²) in [5.41, 5.74) is 2.20. The maximum Gasteiger partial charge on any atom is 0.315 e. The van der Waals surface area contributed by atoms with E-state index in [2.05, 4.69) is 0 Å². The van der Waals surface area contributed by atoms with E-state index in [9.17, 15) is 4.79 Å². The van der Waals surface area contributed by atoms with Gasteiger partial charge in [-0.05, 0) is 35.4 Å². The number of hydrogen-bond acceptors (Lipinski definition) is 5. The molecule has 0 heterocycles. The Morgan fingerprint density at radius 3 is 1.65 bits per heavy atom. The minimum Gasteiger partial charge on any atom is -0.497 e. The molecule has 2 aromatic carbocycles. The second-order valence-corrected chi connectivity index (χ2v) is 5.91. The largest absolute Gasteiger partial charge is 0.497 e. The molecule has 0 saturated carbocycles. The molecule has 4 nitrogen and oxygen atoms in total. The number of thioether (sulfide) groups is 1. The first-order valence-corrected chi connectivity index (χ1v) is 8.19. The Balaban J connectivity index is 2.26. The standard InChI is InChI=1S/C18H20O4S/c1-20-15-8-4-13(5-9-15)18(23-12-17(19)22-3)14-6-10-16(21-2)11-7-14/h4-11,18H,12H2,1-3H3. The van der Waals surface area contributed by atoms with Crippen LogP contribution in [0.4, 0.5) is 0 Å². The van der Waals surface area contributed by atoms with Crippen LogP contribution in [-0.2, 0) is 9.53 Å². The monoisotopic (exact) mass is 332 g/mol. The molecule has 0 aromatic heterocycles. The number of methoxy groups -OCH3 is 3. The van der Waals surface area contributed by atoms with Gasteiger partial charge in [-0.25, -0.2) is 0 Å². The second-order valence-electron chi connectivity index (χ2n) is 4.81. The Bertz CT molecular complexity index is 575. The fourth-order valence-electron chi connectivity index (χ4n) is 2.15. The van der Waals surface area contributed by atoms with Crippen LogP contribution in [0, 0.1) is 0 Å². The highest BCUT2D eigenvalue weighted by Crippen LogP contribution is 2.37. The highest BCUT2D eigenvalue weighted by molar-refractivity contribution is 8.00. The van der Waals surface area contributed by atoms with Crippen LogP contribution in [0.2, 0.25) is 0 Å². The molecule has 5 heteroatoms. The van der Waals surface area contributed by atoms with Crippen LogP contribution < -0.4 is 9.47 Å². The number of hydrogen-bond donors (Lipinski definition) is 0. The second kappa shape index (κ2) is 8.48. The summed E-state index contributed by atoms with van der Waals surface area (Å²) in [5, 5.41) is 0.0333. The normalized spacial score (nSPS) is 10.4. The summed E-state index contributed by atoms with van der Waals surface area (Å²) in [7, 11) is 4.68. The van der Waals surface area contributed by atoms with E-state index in [4.69, 9.17) is 14.2 Å². The van der Waals surface area contributed by atoms with Crippen molar-refractivity contribution in [2.24, 2.45) is 0 Å². The third kappa shape index (κ3) is 4.66. The average Bonchev–Trinajstić information content (AvgIpc) is 2.62. The zero-order valence-electron chi connectivity index (χ0n) is 13.4. The molecule has 0 atom stereocenters. The van der Waals surface area contributed by atoms with Crippen molar-refractivity contribution >= 4 is 17.7 Å². The van der Waals surface area contributed by atoms with E-state index in [0.29, 0.717) is 5.75 Å². The predicted octanol–water partition coefficient (Wildman–Crippen LogP) is 3.70. The maximum atomic E-state index is 11.5. The third-order valence-electron chi connectivity index (χ3n) is 3.43. The van der Waals surface area contributed by atoms with Crippen LogP contribution in [0.25, 0.3) is 0 Å². The van der Waals surface area contributed by atoms with E-state index in [-0.39, 0.29) is 11.2 Å². The highest BCUT2D eigenvalue weighted by Gasteiger charge is 2.17. The van der Waals surface area contributed by atoms with E-state index in [0.717, 1.165) is 22.6 Å². The maximum absolute atomic E-state index is 11.5. The molecule has 2 rings (SSSR count). The Kier molecular flexibility index (Phi) is 6.35. The molecular weight excluding hydrogens is 312 g/mol. The van der Waals surface area contributed by atoms with Gasteiger partial charge in [0, 0.05) is 0 Å². The van der Waals surface area contributed by atoms with Gasteiger partial charge in [-0.2, -0.15) is 0 Å². The summed E-state index contributed by atoms with van der Waals surface area (Å²) >= 11 is 1.53. The Hall–Kier alpha value is -2.14. The summed E-state index contributed by atoms with van der Waals surface area (Å²) in [4.78, 5) is 11.5. The highest BCUT2D eigenvalue weighted by atomic mass is 32.2. The molecular formula is C18H20O4S. The van der Waals surface area contributed by atoms with Gasteiger partial charge in [-0.1, -0.05) is 24.3 Å². The molecule has 0 saturated heterocycles. The van der Waals surface area contributed by atoms with E-state index in [1.54, 1.807) is 14.2 Å². The molecule has 122 valence electrons. The van der Waals surface area contributed by atoms with Crippen LogP contribution in [0.5, 0.6) is 11.5 Å². The van der Waals surface area contributed by atoms with Crippen molar-refractivity contribution in [1.29, 1.82) is 0 Å².